The van der Waals surface area contributed by atoms with Crippen molar-refractivity contribution in [3.63, 3.8) is 0 Å². The van der Waals surface area contributed by atoms with Crippen LogP contribution in [0, 0.1) is 0 Å². The molecule has 0 saturated heterocycles. The molecule has 1 aliphatic rings. The molecule has 3 rings (SSSR count). The fourth-order valence-corrected chi connectivity index (χ4v) is 3.01. The molecule has 102 valence electrons. The number of methoxy groups -OCH3 is 1. The highest BCUT2D eigenvalue weighted by Gasteiger charge is 2.28. The number of amides is 1. The summed E-state index contributed by atoms with van der Waals surface area (Å²) < 4.78 is 6.14. The van der Waals surface area contributed by atoms with E-state index in [9.17, 15) is 4.79 Å². The SMILES string of the molecule is COc1cc2c(cc1Br)CN(Cc1ccccc1)C2=O. The number of nitrogens with zero attached hydrogens (tertiary/aromatic N) is 1. The molecule has 0 unspecified atom stereocenters. The minimum Gasteiger partial charge on any atom is -0.496 e. The lowest BCUT2D eigenvalue weighted by Crippen LogP contribution is -2.23. The monoisotopic (exact) mass is 331 g/mol. The third kappa shape index (κ3) is 2.31. The van der Waals surface area contributed by atoms with E-state index in [1.165, 1.54) is 0 Å². The van der Waals surface area contributed by atoms with Gasteiger partial charge in [-0.1, -0.05) is 30.3 Å². The fraction of sp³-hybridized carbons (Fsp3) is 0.188. The molecular weight excluding hydrogens is 318 g/mol. The second-order valence-corrected chi connectivity index (χ2v) is 5.65. The molecule has 2 aromatic carbocycles. The molecule has 20 heavy (non-hydrogen) atoms. The van der Waals surface area contributed by atoms with Crippen molar-refractivity contribution in [2.75, 3.05) is 7.11 Å². The van der Waals surface area contributed by atoms with Crippen molar-refractivity contribution < 1.29 is 9.53 Å². The van der Waals surface area contributed by atoms with E-state index in [1.807, 2.05) is 47.4 Å². The summed E-state index contributed by atoms with van der Waals surface area (Å²) in [4.78, 5) is 14.3. The molecule has 0 bridgehead atoms. The van der Waals surface area contributed by atoms with Gasteiger partial charge in [-0.05, 0) is 39.2 Å². The minimum atomic E-state index is 0.0645. The molecule has 2 aromatic rings. The highest BCUT2D eigenvalue weighted by atomic mass is 79.9. The van der Waals surface area contributed by atoms with E-state index >= 15 is 0 Å². The van der Waals surface area contributed by atoms with Crippen LogP contribution in [-0.4, -0.2) is 17.9 Å². The van der Waals surface area contributed by atoms with Crippen LogP contribution in [0.25, 0.3) is 0 Å². The highest BCUT2D eigenvalue weighted by Crippen LogP contribution is 2.33. The smallest absolute Gasteiger partial charge is 0.254 e. The summed E-state index contributed by atoms with van der Waals surface area (Å²) in [5.74, 6) is 0.758. The summed E-state index contributed by atoms with van der Waals surface area (Å²) in [6, 6.07) is 13.8. The van der Waals surface area contributed by atoms with E-state index in [4.69, 9.17) is 4.74 Å². The number of carbonyl (C=O) groups excluding carboxylic acids is 1. The summed E-state index contributed by atoms with van der Waals surface area (Å²) in [5.41, 5.74) is 2.92. The molecule has 0 aromatic heterocycles. The number of ether oxygens (including phenoxy) is 1. The first-order chi connectivity index (χ1) is 9.69. The molecule has 1 heterocycles. The van der Waals surface area contributed by atoms with Crippen LogP contribution in [0.5, 0.6) is 5.75 Å². The van der Waals surface area contributed by atoms with Gasteiger partial charge < -0.3 is 9.64 Å². The van der Waals surface area contributed by atoms with E-state index in [1.54, 1.807) is 7.11 Å². The van der Waals surface area contributed by atoms with Crippen LogP contribution in [0.1, 0.15) is 21.5 Å². The Kier molecular flexibility index (Phi) is 3.49. The minimum absolute atomic E-state index is 0.0645. The van der Waals surface area contributed by atoms with Crippen molar-refractivity contribution in [1.29, 1.82) is 0 Å². The zero-order valence-corrected chi connectivity index (χ0v) is 12.7. The van der Waals surface area contributed by atoms with Gasteiger partial charge >= 0.3 is 0 Å². The molecule has 0 saturated carbocycles. The Labute approximate surface area is 126 Å². The van der Waals surface area contributed by atoms with E-state index < -0.39 is 0 Å². The number of hydrogen-bond donors (Lipinski definition) is 0. The first-order valence-corrected chi connectivity index (χ1v) is 7.18. The van der Waals surface area contributed by atoms with Crippen LogP contribution >= 0.6 is 15.9 Å². The lowest BCUT2D eigenvalue weighted by Gasteiger charge is -2.15. The highest BCUT2D eigenvalue weighted by molar-refractivity contribution is 9.10. The van der Waals surface area contributed by atoms with Gasteiger partial charge in [-0.25, -0.2) is 0 Å². The zero-order chi connectivity index (χ0) is 14.1. The molecule has 0 aliphatic carbocycles. The van der Waals surface area contributed by atoms with Crippen molar-refractivity contribution in [1.82, 2.24) is 4.90 Å². The van der Waals surface area contributed by atoms with Crippen molar-refractivity contribution >= 4 is 21.8 Å². The third-order valence-electron chi connectivity index (χ3n) is 3.47. The lowest BCUT2D eigenvalue weighted by molar-refractivity contribution is 0.0766. The fourth-order valence-electron chi connectivity index (χ4n) is 2.46. The summed E-state index contributed by atoms with van der Waals surface area (Å²) >= 11 is 3.46. The van der Waals surface area contributed by atoms with Crippen molar-refractivity contribution in [2.24, 2.45) is 0 Å². The van der Waals surface area contributed by atoms with Crippen LogP contribution in [0.4, 0.5) is 0 Å². The molecule has 1 amide bonds. The van der Waals surface area contributed by atoms with Gasteiger partial charge in [0.25, 0.3) is 5.91 Å². The molecule has 3 nitrogen and oxygen atoms in total. The lowest BCUT2D eigenvalue weighted by atomic mass is 10.1. The predicted octanol–water partition coefficient (Wildman–Crippen LogP) is 3.61. The van der Waals surface area contributed by atoms with Crippen molar-refractivity contribution in [3.05, 3.63) is 63.6 Å². The van der Waals surface area contributed by atoms with Gasteiger partial charge in [-0.3, -0.25) is 4.79 Å². The topological polar surface area (TPSA) is 29.5 Å². The Balaban J connectivity index is 1.87. The van der Waals surface area contributed by atoms with E-state index in [2.05, 4.69) is 15.9 Å². The van der Waals surface area contributed by atoms with E-state index in [-0.39, 0.29) is 5.91 Å². The van der Waals surface area contributed by atoms with Crippen LogP contribution in [0.3, 0.4) is 0 Å². The third-order valence-corrected chi connectivity index (χ3v) is 4.09. The number of fused-ring (bicyclic) bond motifs is 1. The summed E-state index contributed by atoms with van der Waals surface area (Å²) in [6.07, 6.45) is 0. The molecule has 1 aliphatic heterocycles. The van der Waals surface area contributed by atoms with Crippen LogP contribution in [0.15, 0.2) is 46.9 Å². The molecule has 4 heteroatoms. The quantitative estimate of drug-likeness (QED) is 0.859. The van der Waals surface area contributed by atoms with Gasteiger partial charge in [0.15, 0.2) is 0 Å². The van der Waals surface area contributed by atoms with Gasteiger partial charge in [0.2, 0.25) is 0 Å². The summed E-state index contributed by atoms with van der Waals surface area (Å²) in [5, 5.41) is 0. The molecule has 0 radical (unpaired) electrons. The maximum absolute atomic E-state index is 12.4. The molecule has 0 spiro atoms. The Morgan fingerprint density at radius 2 is 2.00 bits per heavy atom. The zero-order valence-electron chi connectivity index (χ0n) is 11.1. The van der Waals surface area contributed by atoms with Crippen molar-refractivity contribution in [3.8, 4) is 5.75 Å². The van der Waals surface area contributed by atoms with E-state index in [0.29, 0.717) is 18.8 Å². The number of rotatable bonds is 3. The average molecular weight is 332 g/mol. The second kappa shape index (κ2) is 5.29. The van der Waals surface area contributed by atoms with Crippen molar-refractivity contribution in [2.45, 2.75) is 13.1 Å². The van der Waals surface area contributed by atoms with Gasteiger partial charge in [0.1, 0.15) is 5.75 Å². The number of hydrogen-bond acceptors (Lipinski definition) is 2. The summed E-state index contributed by atoms with van der Waals surface area (Å²) in [6.45, 7) is 1.28. The molecule has 0 fully saturated rings. The Hall–Kier alpha value is -1.81. The first-order valence-electron chi connectivity index (χ1n) is 6.38. The van der Waals surface area contributed by atoms with Gasteiger partial charge in [0.05, 0.1) is 11.6 Å². The standard InChI is InChI=1S/C16H14BrNO2/c1-20-15-8-13-12(7-14(15)17)10-18(16(13)19)9-11-5-3-2-4-6-11/h2-8H,9-10H2,1H3. The maximum atomic E-state index is 12.4. The van der Waals surface area contributed by atoms with Crippen LogP contribution in [0.2, 0.25) is 0 Å². The van der Waals surface area contributed by atoms with Crippen LogP contribution < -0.4 is 4.74 Å². The normalized spacial score (nSPS) is 13.5. The Morgan fingerprint density at radius 3 is 2.70 bits per heavy atom. The van der Waals surface area contributed by atoms with Gasteiger partial charge in [-0.2, -0.15) is 0 Å². The average Bonchev–Trinajstić information content (AvgIpc) is 2.75. The van der Waals surface area contributed by atoms with E-state index in [0.717, 1.165) is 21.2 Å². The number of benzene rings is 2. The first kappa shape index (κ1) is 13.2. The van der Waals surface area contributed by atoms with Gasteiger partial charge in [-0.15, -0.1) is 0 Å². The number of carbonyl (C=O) groups is 1. The molecular formula is C16H14BrNO2. The molecule has 0 N–H and O–H groups in total. The number of halogens is 1. The second-order valence-electron chi connectivity index (χ2n) is 4.79. The van der Waals surface area contributed by atoms with Crippen LogP contribution in [-0.2, 0) is 13.1 Å². The Morgan fingerprint density at radius 1 is 1.25 bits per heavy atom. The summed E-state index contributed by atoms with van der Waals surface area (Å²) in [7, 11) is 1.60. The Bertz CT molecular complexity index is 655. The molecule has 0 atom stereocenters. The predicted molar refractivity (Wildman–Crippen MR) is 80.7 cm³/mol. The van der Waals surface area contributed by atoms with Gasteiger partial charge in [0, 0.05) is 18.7 Å². The largest absolute Gasteiger partial charge is 0.496 e. The maximum Gasteiger partial charge on any atom is 0.254 e.